The molecule has 0 aliphatic carbocycles. The molecule has 0 aliphatic rings. The summed E-state index contributed by atoms with van der Waals surface area (Å²) in [5.74, 6) is 0. The third-order valence-electron chi connectivity index (χ3n) is 3.85. The van der Waals surface area contributed by atoms with Gasteiger partial charge < -0.3 is 0 Å². The van der Waals surface area contributed by atoms with Crippen molar-refractivity contribution in [3.05, 3.63) is 12.2 Å². The zero-order valence-corrected chi connectivity index (χ0v) is 13.8. The van der Waals surface area contributed by atoms with Gasteiger partial charge >= 0.3 is 0 Å². The van der Waals surface area contributed by atoms with Crippen LogP contribution in [0.1, 0.15) is 110 Å². The monoisotopic (exact) mass is 266 g/mol. The lowest BCUT2D eigenvalue weighted by atomic mass is 10.0. The highest BCUT2D eigenvalue weighted by Crippen LogP contribution is 2.12. The highest BCUT2D eigenvalue weighted by molar-refractivity contribution is 4.80. The summed E-state index contributed by atoms with van der Waals surface area (Å²) in [5.41, 5.74) is 0. The normalized spacial score (nSPS) is 11.5. The van der Waals surface area contributed by atoms with Gasteiger partial charge in [-0.05, 0) is 19.3 Å². The molecule has 0 radical (unpaired) electrons. The van der Waals surface area contributed by atoms with Crippen LogP contribution in [0.25, 0.3) is 0 Å². The Morgan fingerprint density at radius 1 is 0.421 bits per heavy atom. The number of rotatable bonds is 15. The summed E-state index contributed by atoms with van der Waals surface area (Å²) in [7, 11) is 0. The number of hydrogen-bond donors (Lipinski definition) is 0. The largest absolute Gasteiger partial charge is 0.0885 e. The van der Waals surface area contributed by atoms with Gasteiger partial charge in [-0.3, -0.25) is 0 Å². The van der Waals surface area contributed by atoms with Crippen molar-refractivity contribution in [1.29, 1.82) is 0 Å². The van der Waals surface area contributed by atoms with E-state index in [0.29, 0.717) is 0 Å². The Morgan fingerprint density at radius 2 is 0.842 bits per heavy atom. The average molecular weight is 267 g/mol. The topological polar surface area (TPSA) is 0 Å². The van der Waals surface area contributed by atoms with Gasteiger partial charge in [-0.1, -0.05) is 103 Å². The molecule has 0 amide bonds. The molecule has 0 aromatic rings. The molecule has 114 valence electrons. The minimum Gasteiger partial charge on any atom is -0.0885 e. The highest BCUT2D eigenvalue weighted by atomic mass is 14.0. The van der Waals surface area contributed by atoms with Crippen molar-refractivity contribution in [2.75, 3.05) is 0 Å². The molecule has 0 fully saturated rings. The number of allylic oxidation sites excluding steroid dienone is 2. The standard InChI is InChI=1S/C19H38/c1-3-5-7-9-11-13-15-17-19-18-16-14-12-10-8-6-4-2/h7,9H,3-6,8,10-19H2,1-2H3/b9-7-. The van der Waals surface area contributed by atoms with E-state index >= 15 is 0 Å². The number of unbranched alkanes of at least 4 members (excludes halogenated alkanes) is 13. The SMILES string of the molecule is CCC/C=C\CCCCCCCCCCCCCC. The predicted molar refractivity (Wildman–Crippen MR) is 89.7 cm³/mol. The maximum absolute atomic E-state index is 2.37. The van der Waals surface area contributed by atoms with E-state index in [9.17, 15) is 0 Å². The van der Waals surface area contributed by atoms with Crippen LogP contribution in [0.3, 0.4) is 0 Å². The van der Waals surface area contributed by atoms with E-state index < -0.39 is 0 Å². The quantitative estimate of drug-likeness (QED) is 0.213. The lowest BCUT2D eigenvalue weighted by Crippen LogP contribution is -1.82. The van der Waals surface area contributed by atoms with E-state index in [1.165, 1.54) is 96.3 Å². The van der Waals surface area contributed by atoms with E-state index in [4.69, 9.17) is 0 Å². The molecule has 0 aromatic heterocycles. The van der Waals surface area contributed by atoms with Gasteiger partial charge in [-0.2, -0.15) is 0 Å². The van der Waals surface area contributed by atoms with Crippen LogP contribution in [-0.2, 0) is 0 Å². The Hall–Kier alpha value is -0.260. The summed E-state index contributed by atoms with van der Waals surface area (Å²) in [5, 5.41) is 0. The fourth-order valence-electron chi connectivity index (χ4n) is 2.51. The molecule has 0 N–H and O–H groups in total. The maximum atomic E-state index is 2.37. The molecule has 0 aliphatic heterocycles. The molecular formula is C19H38. The minimum atomic E-state index is 1.26. The molecule has 0 spiro atoms. The van der Waals surface area contributed by atoms with Gasteiger partial charge in [0.2, 0.25) is 0 Å². The fourth-order valence-corrected chi connectivity index (χ4v) is 2.51. The summed E-state index contributed by atoms with van der Waals surface area (Å²) in [6, 6.07) is 0. The Kier molecular flexibility index (Phi) is 17.5. The minimum absolute atomic E-state index is 1.26. The molecule has 0 aromatic carbocycles. The van der Waals surface area contributed by atoms with Gasteiger partial charge in [0, 0.05) is 0 Å². The second-order valence-corrected chi connectivity index (χ2v) is 5.94. The van der Waals surface area contributed by atoms with Crippen LogP contribution in [0.5, 0.6) is 0 Å². The predicted octanol–water partition coefficient (Wildman–Crippen LogP) is 7.43. The van der Waals surface area contributed by atoms with Crippen LogP contribution in [0.15, 0.2) is 12.2 Å². The summed E-state index contributed by atoms with van der Waals surface area (Å²) >= 11 is 0. The van der Waals surface area contributed by atoms with E-state index in [2.05, 4.69) is 26.0 Å². The summed E-state index contributed by atoms with van der Waals surface area (Å²) in [6.45, 7) is 4.54. The average Bonchev–Trinajstić information content (AvgIpc) is 2.43. The molecule has 0 bridgehead atoms. The molecule has 0 saturated carbocycles. The van der Waals surface area contributed by atoms with Gasteiger partial charge in [0.05, 0.1) is 0 Å². The van der Waals surface area contributed by atoms with Crippen LogP contribution in [0.2, 0.25) is 0 Å². The van der Waals surface area contributed by atoms with Crippen molar-refractivity contribution in [2.24, 2.45) is 0 Å². The van der Waals surface area contributed by atoms with Crippen LogP contribution in [0, 0.1) is 0 Å². The first-order valence-corrected chi connectivity index (χ1v) is 9.06. The third-order valence-corrected chi connectivity index (χ3v) is 3.85. The van der Waals surface area contributed by atoms with Gasteiger partial charge in [-0.15, -0.1) is 0 Å². The molecule has 0 rings (SSSR count). The lowest BCUT2D eigenvalue weighted by molar-refractivity contribution is 0.545. The zero-order chi connectivity index (χ0) is 14.0. The first-order chi connectivity index (χ1) is 9.41. The lowest BCUT2D eigenvalue weighted by Gasteiger charge is -2.02. The highest BCUT2D eigenvalue weighted by Gasteiger charge is 1.92. The van der Waals surface area contributed by atoms with E-state index in [0.717, 1.165) is 0 Å². The van der Waals surface area contributed by atoms with Gasteiger partial charge in [0.15, 0.2) is 0 Å². The Bertz CT molecular complexity index is 169. The molecule has 0 saturated heterocycles. The van der Waals surface area contributed by atoms with Crippen LogP contribution >= 0.6 is 0 Å². The van der Waals surface area contributed by atoms with Crippen LogP contribution < -0.4 is 0 Å². The second-order valence-electron chi connectivity index (χ2n) is 5.94. The molecule has 0 heteroatoms. The molecule has 0 heterocycles. The Morgan fingerprint density at radius 3 is 1.32 bits per heavy atom. The molecule has 19 heavy (non-hydrogen) atoms. The molecule has 0 atom stereocenters. The van der Waals surface area contributed by atoms with Crippen molar-refractivity contribution in [2.45, 2.75) is 110 Å². The zero-order valence-electron chi connectivity index (χ0n) is 13.8. The number of hydrogen-bond acceptors (Lipinski definition) is 0. The summed E-state index contributed by atoms with van der Waals surface area (Å²) in [6.07, 6.45) is 26.0. The van der Waals surface area contributed by atoms with Crippen LogP contribution in [0.4, 0.5) is 0 Å². The Labute approximate surface area is 123 Å². The van der Waals surface area contributed by atoms with E-state index in [1.54, 1.807) is 0 Å². The first-order valence-electron chi connectivity index (χ1n) is 9.06. The fraction of sp³-hybridized carbons (Fsp3) is 0.895. The van der Waals surface area contributed by atoms with Crippen LogP contribution in [-0.4, -0.2) is 0 Å². The molecule has 0 unspecified atom stereocenters. The molecule has 0 nitrogen and oxygen atoms in total. The second kappa shape index (κ2) is 17.7. The van der Waals surface area contributed by atoms with Gasteiger partial charge in [0.1, 0.15) is 0 Å². The van der Waals surface area contributed by atoms with Crippen molar-refractivity contribution >= 4 is 0 Å². The summed E-state index contributed by atoms with van der Waals surface area (Å²) < 4.78 is 0. The van der Waals surface area contributed by atoms with Gasteiger partial charge in [0.25, 0.3) is 0 Å². The van der Waals surface area contributed by atoms with Crippen molar-refractivity contribution in [1.82, 2.24) is 0 Å². The van der Waals surface area contributed by atoms with E-state index in [-0.39, 0.29) is 0 Å². The smallest absolute Gasteiger partial charge is 0.0351 e. The first kappa shape index (κ1) is 18.7. The van der Waals surface area contributed by atoms with Crippen molar-refractivity contribution < 1.29 is 0 Å². The van der Waals surface area contributed by atoms with Crippen molar-refractivity contribution in [3.8, 4) is 0 Å². The van der Waals surface area contributed by atoms with E-state index in [1.807, 2.05) is 0 Å². The molecular weight excluding hydrogens is 228 g/mol. The third kappa shape index (κ3) is 17.7. The summed E-state index contributed by atoms with van der Waals surface area (Å²) in [4.78, 5) is 0. The van der Waals surface area contributed by atoms with Gasteiger partial charge in [-0.25, -0.2) is 0 Å². The maximum Gasteiger partial charge on any atom is -0.0351 e. The van der Waals surface area contributed by atoms with Crippen molar-refractivity contribution in [3.63, 3.8) is 0 Å². The Balaban J connectivity index is 2.95.